The summed E-state index contributed by atoms with van der Waals surface area (Å²) in [5.41, 5.74) is 1.42. The fourth-order valence-electron chi connectivity index (χ4n) is 2.65. The molecule has 0 bridgehead atoms. The fraction of sp³-hybridized carbons (Fsp3) is 0.143. The number of aromatic nitrogens is 4. The number of nitrogens with one attached hydrogen (secondary N) is 2. The van der Waals surface area contributed by atoms with Crippen molar-refractivity contribution in [3.05, 3.63) is 64.5 Å². The number of nitrogens with zero attached hydrogens (tertiary/aromatic N) is 4. The monoisotopic (exact) mass is 534 g/mol. The molecule has 2 N–H and O–H groups in total. The molecule has 174 valence electrons. The van der Waals surface area contributed by atoms with E-state index in [1.807, 2.05) is 0 Å². The Hall–Kier alpha value is -2.99. The van der Waals surface area contributed by atoms with E-state index in [-0.39, 0.29) is 30.4 Å². The van der Waals surface area contributed by atoms with Crippen LogP contribution in [0.5, 0.6) is 0 Å². The van der Waals surface area contributed by atoms with E-state index in [0.717, 1.165) is 5.56 Å². The minimum atomic E-state index is -0.264. The van der Waals surface area contributed by atoms with Crippen LogP contribution in [0.3, 0.4) is 0 Å². The number of anilines is 2. The summed E-state index contributed by atoms with van der Waals surface area (Å²) >= 11 is 14.1. The maximum absolute atomic E-state index is 12.2. The van der Waals surface area contributed by atoms with E-state index in [1.54, 1.807) is 48.5 Å². The number of benzene rings is 2. The van der Waals surface area contributed by atoms with E-state index in [9.17, 15) is 9.59 Å². The highest BCUT2D eigenvalue weighted by Gasteiger charge is 2.13. The van der Waals surface area contributed by atoms with E-state index < -0.39 is 0 Å². The molecule has 13 heteroatoms. The summed E-state index contributed by atoms with van der Waals surface area (Å²) in [6.45, 7) is 0. The van der Waals surface area contributed by atoms with Crippen molar-refractivity contribution in [2.45, 2.75) is 17.2 Å². The quantitative estimate of drug-likeness (QED) is 0.222. The van der Waals surface area contributed by atoms with Gasteiger partial charge in [0, 0.05) is 34.1 Å². The smallest absolute Gasteiger partial charge is 0.234 e. The number of amides is 2. The molecule has 2 aromatic carbocycles. The Kier molecular flexibility index (Phi) is 8.12. The first kappa shape index (κ1) is 24.1. The minimum absolute atomic E-state index is 0.133. The molecular formula is C21H16Cl2N6O3S2. The van der Waals surface area contributed by atoms with Crippen LogP contribution in [0.15, 0.2) is 57.4 Å². The predicted octanol–water partition coefficient (Wildman–Crippen LogP) is 5.20. The van der Waals surface area contributed by atoms with Gasteiger partial charge >= 0.3 is 0 Å². The second kappa shape index (κ2) is 11.4. The third kappa shape index (κ3) is 7.00. The highest BCUT2D eigenvalue weighted by molar-refractivity contribution is 8.01. The van der Waals surface area contributed by atoms with Crippen LogP contribution in [-0.4, -0.2) is 37.9 Å². The molecule has 2 heterocycles. The van der Waals surface area contributed by atoms with E-state index in [4.69, 9.17) is 27.7 Å². The Bertz CT molecular complexity index is 1280. The molecule has 0 aliphatic carbocycles. The van der Waals surface area contributed by atoms with Crippen LogP contribution in [0.25, 0.3) is 11.4 Å². The van der Waals surface area contributed by atoms with Crippen molar-refractivity contribution in [3.63, 3.8) is 0 Å². The number of aryl methyl sites for hydroxylation is 1. The van der Waals surface area contributed by atoms with Crippen LogP contribution in [0.4, 0.5) is 10.8 Å². The molecule has 0 spiro atoms. The number of carbonyl (C=O) groups is 2. The number of carbonyl (C=O) groups excluding carboxylic acids is 2. The van der Waals surface area contributed by atoms with Crippen LogP contribution in [0.2, 0.25) is 10.0 Å². The zero-order valence-electron chi connectivity index (χ0n) is 17.3. The van der Waals surface area contributed by atoms with Gasteiger partial charge in [-0.05, 0) is 48.5 Å². The SMILES string of the molecule is O=C(CSc1nnc(NC(=O)CCc2nc(-c3ccc(Cl)cc3)no2)s1)Nc1ccc(Cl)cc1. The number of hydrogen-bond donors (Lipinski definition) is 2. The van der Waals surface area contributed by atoms with Crippen LogP contribution >= 0.6 is 46.3 Å². The highest BCUT2D eigenvalue weighted by atomic mass is 35.5. The lowest BCUT2D eigenvalue weighted by atomic mass is 10.2. The van der Waals surface area contributed by atoms with E-state index in [2.05, 4.69) is 31.0 Å². The van der Waals surface area contributed by atoms with Crippen LogP contribution in [-0.2, 0) is 16.0 Å². The van der Waals surface area contributed by atoms with Gasteiger partial charge in [-0.2, -0.15) is 4.98 Å². The van der Waals surface area contributed by atoms with Gasteiger partial charge in [-0.1, -0.05) is 51.5 Å². The third-order valence-corrected chi connectivity index (χ3v) is 6.72. The largest absolute Gasteiger partial charge is 0.339 e. The normalized spacial score (nSPS) is 10.8. The van der Waals surface area contributed by atoms with Gasteiger partial charge in [-0.25, -0.2) is 0 Å². The lowest BCUT2D eigenvalue weighted by molar-refractivity contribution is -0.116. The fourth-order valence-corrected chi connectivity index (χ4v) is 4.47. The van der Waals surface area contributed by atoms with E-state index in [1.165, 1.54) is 23.1 Å². The molecule has 0 saturated heterocycles. The molecule has 0 fully saturated rings. The van der Waals surface area contributed by atoms with Crippen molar-refractivity contribution >= 4 is 68.9 Å². The first-order valence-electron chi connectivity index (χ1n) is 9.85. The Morgan fingerprint density at radius 1 is 0.941 bits per heavy atom. The van der Waals surface area contributed by atoms with E-state index in [0.29, 0.717) is 36.9 Å². The number of rotatable bonds is 9. The Morgan fingerprint density at radius 3 is 2.38 bits per heavy atom. The Balaban J connectivity index is 1.21. The van der Waals surface area contributed by atoms with Crippen molar-refractivity contribution in [3.8, 4) is 11.4 Å². The molecule has 0 radical (unpaired) electrons. The number of hydrogen-bond acceptors (Lipinski definition) is 9. The summed E-state index contributed by atoms with van der Waals surface area (Å²) in [6, 6.07) is 13.9. The van der Waals surface area contributed by atoms with Crippen LogP contribution < -0.4 is 10.6 Å². The predicted molar refractivity (Wildman–Crippen MR) is 132 cm³/mol. The third-order valence-electron chi connectivity index (χ3n) is 4.24. The molecule has 2 amide bonds. The Labute approximate surface area is 212 Å². The van der Waals surface area contributed by atoms with Crippen LogP contribution in [0, 0.1) is 0 Å². The topological polar surface area (TPSA) is 123 Å². The van der Waals surface area contributed by atoms with Crippen molar-refractivity contribution in [1.82, 2.24) is 20.3 Å². The van der Waals surface area contributed by atoms with Gasteiger partial charge in [0.25, 0.3) is 0 Å². The molecule has 0 unspecified atom stereocenters. The van der Waals surface area contributed by atoms with Crippen molar-refractivity contribution in [1.29, 1.82) is 0 Å². The lowest BCUT2D eigenvalue weighted by Crippen LogP contribution is -2.13. The highest BCUT2D eigenvalue weighted by Crippen LogP contribution is 2.26. The van der Waals surface area contributed by atoms with Gasteiger partial charge in [-0.15, -0.1) is 10.2 Å². The molecule has 2 aromatic heterocycles. The van der Waals surface area contributed by atoms with Gasteiger partial charge < -0.3 is 15.2 Å². The van der Waals surface area contributed by atoms with Crippen LogP contribution in [0.1, 0.15) is 12.3 Å². The molecule has 4 aromatic rings. The summed E-state index contributed by atoms with van der Waals surface area (Å²) in [6.07, 6.45) is 0.408. The molecule has 0 aliphatic heterocycles. The zero-order valence-corrected chi connectivity index (χ0v) is 20.5. The molecule has 0 aliphatic rings. The number of halogens is 2. The summed E-state index contributed by atoms with van der Waals surface area (Å²) in [5, 5.41) is 18.9. The molecule has 0 saturated carbocycles. The van der Waals surface area contributed by atoms with Crippen molar-refractivity contribution in [2.24, 2.45) is 0 Å². The van der Waals surface area contributed by atoms with Gasteiger partial charge in [-0.3, -0.25) is 9.59 Å². The number of thioether (sulfide) groups is 1. The molecular weight excluding hydrogens is 519 g/mol. The van der Waals surface area contributed by atoms with Gasteiger partial charge in [0.15, 0.2) is 4.34 Å². The molecule has 0 atom stereocenters. The zero-order chi connectivity index (χ0) is 23.9. The summed E-state index contributed by atoms with van der Waals surface area (Å²) < 4.78 is 5.77. The van der Waals surface area contributed by atoms with Gasteiger partial charge in [0.1, 0.15) is 0 Å². The van der Waals surface area contributed by atoms with Crippen molar-refractivity contribution in [2.75, 3.05) is 16.4 Å². The first-order chi connectivity index (χ1) is 16.4. The average molecular weight is 535 g/mol. The summed E-state index contributed by atoms with van der Waals surface area (Å²) in [7, 11) is 0. The standard InChI is InChI=1S/C21H16Cl2N6O3S2/c22-13-3-1-12(2-4-13)19-26-18(32-29-19)10-9-16(30)25-20-27-28-21(34-20)33-11-17(31)24-15-7-5-14(23)6-8-15/h1-8H,9-11H2,(H,24,31)(H,25,27,30). The molecule has 4 rings (SSSR count). The summed E-state index contributed by atoms with van der Waals surface area (Å²) in [5.74, 6) is 0.474. The maximum atomic E-state index is 12.2. The Morgan fingerprint density at radius 2 is 1.65 bits per heavy atom. The first-order valence-corrected chi connectivity index (χ1v) is 12.4. The maximum Gasteiger partial charge on any atom is 0.234 e. The van der Waals surface area contributed by atoms with Gasteiger partial charge in [0.2, 0.25) is 28.7 Å². The summed E-state index contributed by atoms with van der Waals surface area (Å²) in [4.78, 5) is 28.6. The van der Waals surface area contributed by atoms with Gasteiger partial charge in [0.05, 0.1) is 5.75 Å². The second-order valence-corrected chi connectivity index (χ2v) is 9.86. The van der Waals surface area contributed by atoms with Crippen molar-refractivity contribution < 1.29 is 14.1 Å². The average Bonchev–Trinajstić information content (AvgIpc) is 3.48. The molecule has 34 heavy (non-hydrogen) atoms. The minimum Gasteiger partial charge on any atom is -0.339 e. The second-order valence-electron chi connectivity index (χ2n) is 6.78. The van der Waals surface area contributed by atoms with E-state index >= 15 is 0 Å². The molecule has 9 nitrogen and oxygen atoms in total. The lowest BCUT2D eigenvalue weighted by Gasteiger charge is -2.03.